The Hall–Kier alpha value is -2.28. The molecule has 0 unspecified atom stereocenters. The van der Waals surface area contributed by atoms with Crippen molar-refractivity contribution in [2.24, 2.45) is 0 Å². The summed E-state index contributed by atoms with van der Waals surface area (Å²) in [5, 5.41) is 5.50. The molecule has 0 radical (unpaired) electrons. The SMILES string of the molecule is CCn1ccc(NC(=O)Nc2cc(C(C)(C)C)sc2C(=O)OC)c1. The van der Waals surface area contributed by atoms with Crippen molar-refractivity contribution in [2.45, 2.75) is 39.7 Å². The van der Waals surface area contributed by atoms with E-state index in [1.165, 1.54) is 18.4 Å². The van der Waals surface area contributed by atoms with Crippen molar-refractivity contribution in [1.82, 2.24) is 4.57 Å². The summed E-state index contributed by atoms with van der Waals surface area (Å²) in [5.74, 6) is -0.456. The molecule has 0 saturated carbocycles. The van der Waals surface area contributed by atoms with E-state index in [0.717, 1.165) is 11.4 Å². The lowest BCUT2D eigenvalue weighted by Crippen LogP contribution is -2.20. The van der Waals surface area contributed by atoms with Crippen LogP contribution >= 0.6 is 11.3 Å². The van der Waals surface area contributed by atoms with Crippen molar-refractivity contribution in [3.63, 3.8) is 0 Å². The van der Waals surface area contributed by atoms with Gasteiger partial charge in [-0.1, -0.05) is 20.8 Å². The Balaban J connectivity index is 2.19. The zero-order valence-electron chi connectivity index (χ0n) is 14.6. The van der Waals surface area contributed by atoms with E-state index in [-0.39, 0.29) is 5.41 Å². The molecule has 0 fully saturated rings. The Morgan fingerprint density at radius 2 is 2.00 bits per heavy atom. The van der Waals surface area contributed by atoms with Crippen molar-refractivity contribution in [2.75, 3.05) is 17.7 Å². The Morgan fingerprint density at radius 3 is 2.54 bits per heavy atom. The molecule has 2 aromatic rings. The summed E-state index contributed by atoms with van der Waals surface area (Å²) in [6, 6.07) is 3.25. The molecule has 2 amide bonds. The smallest absolute Gasteiger partial charge is 0.350 e. The van der Waals surface area contributed by atoms with Crippen LogP contribution in [0.25, 0.3) is 0 Å². The molecule has 2 rings (SSSR count). The first-order valence-corrected chi connectivity index (χ1v) is 8.52. The first-order chi connectivity index (χ1) is 11.2. The minimum Gasteiger partial charge on any atom is -0.465 e. The number of rotatable bonds is 4. The van der Waals surface area contributed by atoms with Crippen molar-refractivity contribution in [3.8, 4) is 0 Å². The second-order valence-electron chi connectivity index (χ2n) is 6.40. The third-order valence-corrected chi connectivity index (χ3v) is 5.00. The summed E-state index contributed by atoms with van der Waals surface area (Å²) in [6.45, 7) is 9.01. The first-order valence-electron chi connectivity index (χ1n) is 7.71. The number of hydrogen-bond donors (Lipinski definition) is 2. The van der Waals surface area contributed by atoms with E-state index in [1.54, 1.807) is 0 Å². The highest BCUT2D eigenvalue weighted by atomic mass is 32.1. The second-order valence-corrected chi connectivity index (χ2v) is 7.46. The maximum atomic E-state index is 12.2. The number of thiophene rings is 1. The second kappa shape index (κ2) is 7.09. The van der Waals surface area contributed by atoms with Gasteiger partial charge >= 0.3 is 12.0 Å². The minimum atomic E-state index is -0.456. The highest BCUT2D eigenvalue weighted by molar-refractivity contribution is 7.14. The van der Waals surface area contributed by atoms with Crippen LogP contribution in [0.15, 0.2) is 24.5 Å². The van der Waals surface area contributed by atoms with E-state index in [0.29, 0.717) is 16.3 Å². The standard InChI is InChI=1S/C17H23N3O3S/c1-6-20-8-7-11(10-20)18-16(22)19-12-9-13(17(2,3)4)24-14(12)15(21)23-5/h7-10H,6H2,1-5H3,(H2,18,19,22). The topological polar surface area (TPSA) is 72.4 Å². The third-order valence-electron chi connectivity index (χ3n) is 3.46. The maximum absolute atomic E-state index is 12.2. The fraction of sp³-hybridized carbons (Fsp3) is 0.412. The van der Waals surface area contributed by atoms with Gasteiger partial charge in [-0.3, -0.25) is 0 Å². The molecule has 0 aromatic carbocycles. The molecule has 2 N–H and O–H groups in total. The zero-order valence-corrected chi connectivity index (χ0v) is 15.4. The van der Waals surface area contributed by atoms with Crippen LogP contribution in [0.5, 0.6) is 0 Å². The Bertz CT molecular complexity index is 741. The molecule has 0 aliphatic heterocycles. The van der Waals surface area contributed by atoms with Crippen LogP contribution in [0.1, 0.15) is 42.2 Å². The molecule has 0 aliphatic rings. The van der Waals surface area contributed by atoms with Crippen LogP contribution in [0.2, 0.25) is 0 Å². The largest absolute Gasteiger partial charge is 0.465 e. The van der Waals surface area contributed by atoms with Gasteiger partial charge in [-0.05, 0) is 24.5 Å². The lowest BCUT2D eigenvalue weighted by Gasteiger charge is -2.15. The Morgan fingerprint density at radius 1 is 1.29 bits per heavy atom. The number of amides is 2. The molecule has 7 heteroatoms. The number of esters is 1. The van der Waals surface area contributed by atoms with E-state index >= 15 is 0 Å². The van der Waals surface area contributed by atoms with Crippen LogP contribution in [-0.2, 0) is 16.7 Å². The quantitative estimate of drug-likeness (QED) is 0.809. The van der Waals surface area contributed by atoms with Gasteiger partial charge in [0.1, 0.15) is 4.88 Å². The summed E-state index contributed by atoms with van der Waals surface area (Å²) in [7, 11) is 1.33. The molecule has 130 valence electrons. The summed E-state index contributed by atoms with van der Waals surface area (Å²) >= 11 is 1.33. The molecule has 0 atom stereocenters. The number of methoxy groups -OCH3 is 1. The van der Waals surface area contributed by atoms with Crippen LogP contribution < -0.4 is 10.6 Å². The summed E-state index contributed by atoms with van der Waals surface area (Å²) in [5.41, 5.74) is 1.03. The predicted octanol–water partition coefficient (Wildman–Crippen LogP) is 4.30. The van der Waals surface area contributed by atoms with Gasteiger partial charge in [-0.2, -0.15) is 0 Å². The van der Waals surface area contributed by atoms with Gasteiger partial charge in [0.05, 0.1) is 18.5 Å². The average Bonchev–Trinajstić information content (AvgIpc) is 3.12. The van der Waals surface area contributed by atoms with E-state index < -0.39 is 12.0 Å². The minimum absolute atomic E-state index is 0.123. The number of nitrogens with zero attached hydrogens (tertiary/aromatic N) is 1. The van der Waals surface area contributed by atoms with Crippen LogP contribution in [0.4, 0.5) is 16.2 Å². The van der Waals surface area contributed by atoms with Gasteiger partial charge in [-0.15, -0.1) is 11.3 Å². The molecule has 0 spiro atoms. The third kappa shape index (κ3) is 4.17. The number of carbonyl (C=O) groups excluding carboxylic acids is 2. The molecule has 24 heavy (non-hydrogen) atoms. The normalized spacial score (nSPS) is 11.2. The van der Waals surface area contributed by atoms with Gasteiger partial charge in [0, 0.05) is 23.8 Å². The van der Waals surface area contributed by atoms with Crippen molar-refractivity contribution < 1.29 is 14.3 Å². The van der Waals surface area contributed by atoms with E-state index in [2.05, 4.69) is 31.4 Å². The van der Waals surface area contributed by atoms with Crippen LogP contribution in [-0.4, -0.2) is 23.7 Å². The van der Waals surface area contributed by atoms with Gasteiger partial charge < -0.3 is 19.9 Å². The van der Waals surface area contributed by atoms with Crippen molar-refractivity contribution >= 4 is 34.7 Å². The van der Waals surface area contributed by atoms with Gasteiger partial charge in [-0.25, -0.2) is 9.59 Å². The molecule has 0 bridgehead atoms. The van der Waals surface area contributed by atoms with Crippen LogP contribution in [0, 0.1) is 0 Å². The molecule has 0 saturated heterocycles. The number of carbonyl (C=O) groups is 2. The van der Waals surface area contributed by atoms with Gasteiger partial charge in [0.25, 0.3) is 0 Å². The first kappa shape index (κ1) is 18.1. The van der Waals surface area contributed by atoms with E-state index in [9.17, 15) is 9.59 Å². The monoisotopic (exact) mass is 349 g/mol. The zero-order chi connectivity index (χ0) is 17.9. The van der Waals surface area contributed by atoms with Gasteiger partial charge in [0.2, 0.25) is 0 Å². The molecule has 6 nitrogen and oxygen atoms in total. The predicted molar refractivity (Wildman–Crippen MR) is 97.1 cm³/mol. The van der Waals surface area contributed by atoms with Gasteiger partial charge in [0.15, 0.2) is 0 Å². The number of anilines is 2. The number of aryl methyl sites for hydroxylation is 1. The highest BCUT2D eigenvalue weighted by Gasteiger charge is 2.24. The highest BCUT2D eigenvalue weighted by Crippen LogP contribution is 2.35. The maximum Gasteiger partial charge on any atom is 0.350 e. The summed E-state index contributed by atoms with van der Waals surface area (Å²) < 4.78 is 6.77. The average molecular weight is 349 g/mol. The summed E-state index contributed by atoms with van der Waals surface area (Å²) in [4.78, 5) is 25.6. The van der Waals surface area contributed by atoms with Crippen molar-refractivity contribution in [1.29, 1.82) is 0 Å². The number of nitrogens with one attached hydrogen (secondary N) is 2. The Labute approximate surface area is 145 Å². The molecule has 0 aliphatic carbocycles. The molecular weight excluding hydrogens is 326 g/mol. The number of hydrogen-bond acceptors (Lipinski definition) is 4. The Kier molecular flexibility index (Phi) is 5.33. The summed E-state index contributed by atoms with van der Waals surface area (Å²) in [6.07, 6.45) is 3.73. The fourth-order valence-corrected chi connectivity index (χ4v) is 3.18. The number of aromatic nitrogens is 1. The molecule has 2 heterocycles. The fourth-order valence-electron chi connectivity index (χ4n) is 2.09. The number of ether oxygens (including phenoxy) is 1. The van der Waals surface area contributed by atoms with E-state index in [4.69, 9.17) is 4.74 Å². The number of urea groups is 1. The van der Waals surface area contributed by atoms with E-state index in [1.807, 2.05) is 36.0 Å². The van der Waals surface area contributed by atoms with Crippen LogP contribution in [0.3, 0.4) is 0 Å². The lowest BCUT2D eigenvalue weighted by molar-refractivity contribution is 0.0607. The lowest BCUT2D eigenvalue weighted by atomic mass is 9.94. The van der Waals surface area contributed by atoms with Crippen molar-refractivity contribution in [3.05, 3.63) is 34.3 Å². The molecular formula is C17H23N3O3S. The molecule has 2 aromatic heterocycles.